The molecule has 0 aliphatic carbocycles. The summed E-state index contributed by atoms with van der Waals surface area (Å²) < 4.78 is 23.7. The number of anilines is 6. The Labute approximate surface area is 347 Å². The minimum Gasteiger partial charge on any atom is -0.497 e. The van der Waals surface area contributed by atoms with Crippen LogP contribution in [0.15, 0.2) is 206 Å². The predicted molar refractivity (Wildman–Crippen MR) is 241 cm³/mol. The van der Waals surface area contributed by atoms with Crippen molar-refractivity contribution in [2.24, 2.45) is 0 Å². The van der Waals surface area contributed by atoms with Gasteiger partial charge in [0.25, 0.3) is 0 Å². The number of nitrogens with zero attached hydrogens (tertiary/aromatic N) is 2. The smallest absolute Gasteiger partial charge is 0.151 e. The molecule has 59 heavy (non-hydrogen) atoms. The van der Waals surface area contributed by atoms with Crippen molar-refractivity contribution in [3.63, 3.8) is 0 Å². The van der Waals surface area contributed by atoms with Gasteiger partial charge in [0.15, 0.2) is 5.75 Å². The van der Waals surface area contributed by atoms with Crippen LogP contribution in [0.2, 0.25) is 0 Å². The maximum atomic E-state index is 6.59. The van der Waals surface area contributed by atoms with E-state index in [1.807, 2.05) is 103 Å². The molecule has 0 spiro atoms. The lowest BCUT2D eigenvalue weighted by Gasteiger charge is -2.28. The van der Waals surface area contributed by atoms with Crippen LogP contribution in [0, 0.1) is 0 Å². The Morgan fingerprint density at radius 2 is 0.661 bits per heavy atom. The van der Waals surface area contributed by atoms with Crippen molar-refractivity contribution in [3.8, 4) is 34.5 Å². The van der Waals surface area contributed by atoms with Gasteiger partial charge in [-0.1, -0.05) is 86.6 Å². The number of para-hydroxylation sites is 4. The summed E-state index contributed by atoms with van der Waals surface area (Å²) in [7, 11) is 3.35. The fourth-order valence-corrected chi connectivity index (χ4v) is 7.19. The molecule has 0 unspecified atom stereocenters. The molecule has 0 aliphatic heterocycles. The zero-order valence-corrected chi connectivity index (χ0v) is 33.7. The summed E-state index contributed by atoms with van der Waals surface area (Å²) in [6.07, 6.45) is 0. The quantitative estimate of drug-likeness (QED) is 0.110. The van der Waals surface area contributed by atoms with E-state index in [0.29, 0.717) is 0 Å². The maximum absolute atomic E-state index is 6.59. The highest BCUT2D eigenvalue weighted by atomic mass is 16.5. The third-order valence-electron chi connectivity index (χ3n) is 10.5. The van der Waals surface area contributed by atoms with Gasteiger partial charge in [-0.05, 0) is 145 Å². The molecule has 292 valence electrons. The van der Waals surface area contributed by atoms with Crippen LogP contribution in [0.4, 0.5) is 34.1 Å². The van der Waals surface area contributed by atoms with E-state index < -0.39 is 0 Å². The van der Waals surface area contributed by atoms with Gasteiger partial charge in [-0.25, -0.2) is 0 Å². The first-order valence-electron chi connectivity index (χ1n) is 19.6. The summed E-state index contributed by atoms with van der Waals surface area (Å²) in [5, 5.41) is 0. The van der Waals surface area contributed by atoms with Gasteiger partial charge in [-0.2, -0.15) is 0 Å². The van der Waals surface area contributed by atoms with E-state index in [0.717, 1.165) is 68.6 Å². The first-order chi connectivity index (χ1) is 28.9. The van der Waals surface area contributed by atoms with E-state index in [2.05, 4.69) is 127 Å². The zero-order chi connectivity index (χ0) is 40.6. The molecule has 0 saturated carbocycles. The molecule has 8 aromatic rings. The molecule has 0 aromatic heterocycles. The highest BCUT2D eigenvalue weighted by molar-refractivity contribution is 5.80. The molecule has 0 N–H and O–H groups in total. The Hall–Kier alpha value is -7.44. The van der Waals surface area contributed by atoms with Gasteiger partial charge < -0.3 is 28.7 Å². The van der Waals surface area contributed by atoms with E-state index in [-0.39, 0.29) is 5.41 Å². The zero-order valence-electron chi connectivity index (χ0n) is 33.7. The third-order valence-corrected chi connectivity index (χ3v) is 10.5. The van der Waals surface area contributed by atoms with Crippen molar-refractivity contribution in [2.75, 3.05) is 24.0 Å². The van der Waals surface area contributed by atoms with E-state index in [1.165, 1.54) is 11.1 Å². The number of benzene rings is 8. The van der Waals surface area contributed by atoms with Crippen LogP contribution in [0.5, 0.6) is 34.5 Å². The lowest BCUT2D eigenvalue weighted by molar-refractivity contribution is 0.415. The Bertz CT molecular complexity index is 2470. The molecule has 8 rings (SSSR count). The Morgan fingerprint density at radius 3 is 1.08 bits per heavy atom. The van der Waals surface area contributed by atoms with Crippen LogP contribution in [0.1, 0.15) is 25.0 Å². The summed E-state index contributed by atoms with van der Waals surface area (Å²) in [5.41, 5.74) is 8.15. The molecule has 0 bridgehead atoms. The number of rotatable bonds is 14. The molecule has 0 radical (unpaired) electrons. The maximum Gasteiger partial charge on any atom is 0.151 e. The summed E-state index contributed by atoms with van der Waals surface area (Å²) >= 11 is 0. The van der Waals surface area contributed by atoms with Crippen LogP contribution >= 0.6 is 0 Å². The van der Waals surface area contributed by atoms with Gasteiger partial charge >= 0.3 is 0 Å². The first kappa shape index (κ1) is 38.4. The summed E-state index contributed by atoms with van der Waals surface area (Å²) in [5.74, 6) is 4.66. The lowest BCUT2D eigenvalue weighted by atomic mass is 9.78. The van der Waals surface area contributed by atoms with Gasteiger partial charge in [0.05, 0.1) is 19.9 Å². The second-order valence-electron chi connectivity index (χ2n) is 14.6. The molecule has 0 aliphatic rings. The fraction of sp³-hybridized carbons (Fsp3) is 0.0943. The minimum atomic E-state index is -0.263. The van der Waals surface area contributed by atoms with Crippen LogP contribution in [-0.2, 0) is 5.41 Å². The summed E-state index contributed by atoms with van der Waals surface area (Å²) in [6.45, 7) is 4.48. The van der Waals surface area contributed by atoms with Crippen molar-refractivity contribution in [1.29, 1.82) is 0 Å². The summed E-state index contributed by atoms with van der Waals surface area (Å²) in [4.78, 5) is 4.40. The molecule has 0 saturated heterocycles. The molecular weight excluding hydrogens is 729 g/mol. The molecule has 0 atom stereocenters. The van der Waals surface area contributed by atoms with E-state index in [1.54, 1.807) is 14.2 Å². The van der Waals surface area contributed by atoms with Gasteiger partial charge in [0, 0.05) is 33.9 Å². The normalized spacial score (nSPS) is 11.1. The third kappa shape index (κ3) is 8.63. The number of ether oxygens (including phenoxy) is 4. The minimum absolute atomic E-state index is 0.263. The van der Waals surface area contributed by atoms with Crippen LogP contribution in [-0.4, -0.2) is 14.2 Å². The van der Waals surface area contributed by atoms with Crippen molar-refractivity contribution >= 4 is 34.1 Å². The standard InChI is InChI=1S/C53H46N2O4/c1-53(2,40-21-31-50(32-22-40)59-52-18-12-11-17-51(52)55(41-13-7-5-8-14-41)42-15-9-6-10-16-42)39-19-29-48(30-20-39)58-49-37-27-45(28-38-49)54(43-23-33-46(56-3)34-24-43)44-25-35-47(57-4)36-26-44/h5-38H,1-4H3. The molecule has 6 heteroatoms. The van der Waals surface area contributed by atoms with Gasteiger partial charge in [-0.3, -0.25) is 0 Å². The van der Waals surface area contributed by atoms with Gasteiger partial charge in [0.1, 0.15) is 28.7 Å². The predicted octanol–water partition coefficient (Wildman–Crippen LogP) is 14.6. The van der Waals surface area contributed by atoms with Crippen molar-refractivity contribution in [2.45, 2.75) is 19.3 Å². The van der Waals surface area contributed by atoms with Crippen LogP contribution in [0.3, 0.4) is 0 Å². The highest BCUT2D eigenvalue weighted by Gasteiger charge is 2.24. The fourth-order valence-electron chi connectivity index (χ4n) is 7.19. The number of methoxy groups -OCH3 is 2. The highest BCUT2D eigenvalue weighted by Crippen LogP contribution is 2.42. The number of hydrogen-bond donors (Lipinski definition) is 0. The molecular formula is C53H46N2O4. The van der Waals surface area contributed by atoms with Crippen molar-refractivity contribution in [3.05, 3.63) is 217 Å². The van der Waals surface area contributed by atoms with Crippen LogP contribution in [0.25, 0.3) is 0 Å². The van der Waals surface area contributed by atoms with Gasteiger partial charge in [0.2, 0.25) is 0 Å². The second kappa shape index (κ2) is 17.4. The Kier molecular flexibility index (Phi) is 11.3. The molecule has 0 fully saturated rings. The van der Waals surface area contributed by atoms with E-state index in [9.17, 15) is 0 Å². The number of hydrogen-bond acceptors (Lipinski definition) is 6. The topological polar surface area (TPSA) is 43.4 Å². The molecule has 0 amide bonds. The molecule has 6 nitrogen and oxygen atoms in total. The van der Waals surface area contributed by atoms with Crippen molar-refractivity contribution < 1.29 is 18.9 Å². The lowest BCUT2D eigenvalue weighted by Crippen LogP contribution is -2.18. The monoisotopic (exact) mass is 774 g/mol. The second-order valence-corrected chi connectivity index (χ2v) is 14.6. The van der Waals surface area contributed by atoms with Crippen molar-refractivity contribution in [1.82, 2.24) is 0 Å². The summed E-state index contributed by atoms with van der Waals surface area (Å²) in [6, 6.07) is 69.8. The Balaban J connectivity index is 0.964. The average Bonchev–Trinajstić information content (AvgIpc) is 3.29. The molecule has 8 aromatic carbocycles. The SMILES string of the molecule is COc1ccc(N(c2ccc(OC)cc2)c2ccc(Oc3ccc(C(C)(C)c4ccc(Oc5ccccc5N(c5ccccc5)c5ccccc5)cc4)cc3)cc2)cc1. The van der Waals surface area contributed by atoms with E-state index in [4.69, 9.17) is 18.9 Å². The van der Waals surface area contributed by atoms with Gasteiger partial charge in [-0.15, -0.1) is 0 Å². The van der Waals surface area contributed by atoms with Crippen LogP contribution < -0.4 is 28.7 Å². The largest absolute Gasteiger partial charge is 0.497 e. The van der Waals surface area contributed by atoms with E-state index >= 15 is 0 Å². The Morgan fingerprint density at radius 1 is 0.322 bits per heavy atom. The first-order valence-corrected chi connectivity index (χ1v) is 19.6. The molecule has 0 heterocycles. The average molecular weight is 775 g/mol.